The lowest BCUT2D eigenvalue weighted by Gasteiger charge is -2.51. The Morgan fingerprint density at radius 1 is 1.03 bits per heavy atom. The van der Waals surface area contributed by atoms with Gasteiger partial charge in [0.2, 0.25) is 11.8 Å². The maximum Gasteiger partial charge on any atom is 0.321 e. The Morgan fingerprint density at radius 2 is 1.69 bits per heavy atom. The number of benzene rings is 1. The Kier molecular flexibility index (Phi) is 7.69. The van der Waals surface area contributed by atoms with Crippen LogP contribution in [0.2, 0.25) is 0 Å². The van der Waals surface area contributed by atoms with Crippen molar-refractivity contribution in [3.8, 4) is 0 Å². The van der Waals surface area contributed by atoms with Gasteiger partial charge in [0, 0.05) is 38.6 Å². The summed E-state index contributed by atoms with van der Waals surface area (Å²) in [7, 11) is 4.32. The molecule has 3 fully saturated rings. The van der Waals surface area contributed by atoms with E-state index in [-0.39, 0.29) is 35.5 Å². The first-order valence-corrected chi connectivity index (χ1v) is 13.1. The third kappa shape index (κ3) is 5.32. The molecular weight excluding hydrogens is 442 g/mol. The molecule has 8 nitrogen and oxygen atoms in total. The molecule has 2 aliphatic carbocycles. The van der Waals surface area contributed by atoms with E-state index in [1.54, 1.807) is 4.90 Å². The number of carbonyl (C=O) groups is 3. The molecule has 1 saturated heterocycles. The lowest BCUT2D eigenvalue weighted by atomic mass is 9.68. The first kappa shape index (κ1) is 25.5. The van der Waals surface area contributed by atoms with Crippen LogP contribution in [-0.2, 0) is 15.1 Å². The van der Waals surface area contributed by atoms with Crippen LogP contribution in [-0.4, -0.2) is 84.9 Å². The van der Waals surface area contributed by atoms with Crippen molar-refractivity contribution in [3.63, 3.8) is 0 Å². The SMILES string of the molecule is CC(=O)NCCNC(=O)CN1C[C@]2(CC[C@@](c3ccccc3)(N(C)C)CC2)N(CC2CCC2)C1=O. The highest BCUT2D eigenvalue weighted by molar-refractivity contribution is 5.86. The topological polar surface area (TPSA) is 85.0 Å². The Bertz CT molecular complexity index is 907. The zero-order valence-electron chi connectivity index (χ0n) is 21.5. The number of hydrogen-bond donors (Lipinski definition) is 2. The van der Waals surface area contributed by atoms with Crippen LogP contribution >= 0.6 is 0 Å². The molecule has 192 valence electrons. The normalized spacial score (nSPS) is 26.8. The van der Waals surface area contributed by atoms with Crippen LogP contribution in [0.1, 0.15) is 57.4 Å². The van der Waals surface area contributed by atoms with Gasteiger partial charge in [-0.2, -0.15) is 0 Å². The highest BCUT2D eigenvalue weighted by Gasteiger charge is 2.55. The fourth-order valence-corrected chi connectivity index (χ4v) is 6.18. The lowest BCUT2D eigenvalue weighted by molar-refractivity contribution is -0.122. The smallest absolute Gasteiger partial charge is 0.321 e. The number of carbonyl (C=O) groups excluding carboxylic acids is 3. The van der Waals surface area contributed by atoms with Crippen LogP contribution < -0.4 is 10.6 Å². The van der Waals surface area contributed by atoms with E-state index in [4.69, 9.17) is 0 Å². The molecule has 4 amide bonds. The van der Waals surface area contributed by atoms with Crippen LogP contribution in [0.15, 0.2) is 30.3 Å². The standard InChI is InChI=1S/C27H41N5O3/c1-21(33)28-16-17-29-24(34)19-31-20-26(32(25(31)35)18-22-8-7-9-22)12-14-27(15-13-26,30(2)3)23-10-5-4-6-11-23/h4-6,10-11,22H,7-9,12-20H2,1-3H3,(H,28,33)(H,29,34)/t26-,27-. The molecule has 0 radical (unpaired) electrons. The predicted molar refractivity (Wildman–Crippen MR) is 136 cm³/mol. The minimum Gasteiger partial charge on any atom is -0.355 e. The van der Waals surface area contributed by atoms with Crippen LogP contribution in [0.25, 0.3) is 0 Å². The van der Waals surface area contributed by atoms with E-state index in [1.807, 2.05) is 0 Å². The van der Waals surface area contributed by atoms with Crippen molar-refractivity contribution in [2.75, 3.05) is 46.8 Å². The molecule has 0 unspecified atom stereocenters. The van der Waals surface area contributed by atoms with Gasteiger partial charge in [-0.1, -0.05) is 36.8 Å². The summed E-state index contributed by atoms with van der Waals surface area (Å²) in [5, 5.41) is 5.51. The Hall–Kier alpha value is -2.61. The summed E-state index contributed by atoms with van der Waals surface area (Å²) < 4.78 is 0. The molecule has 35 heavy (non-hydrogen) atoms. The van der Waals surface area contributed by atoms with E-state index in [0.717, 1.165) is 32.2 Å². The molecule has 0 bridgehead atoms. The van der Waals surface area contributed by atoms with Crippen molar-refractivity contribution in [1.29, 1.82) is 0 Å². The molecule has 2 saturated carbocycles. The van der Waals surface area contributed by atoms with Crippen molar-refractivity contribution in [3.05, 3.63) is 35.9 Å². The van der Waals surface area contributed by atoms with Crippen molar-refractivity contribution < 1.29 is 14.4 Å². The maximum absolute atomic E-state index is 13.6. The van der Waals surface area contributed by atoms with Gasteiger partial charge in [0.25, 0.3) is 0 Å². The summed E-state index contributed by atoms with van der Waals surface area (Å²) in [5.74, 6) is 0.285. The van der Waals surface area contributed by atoms with Gasteiger partial charge in [-0.3, -0.25) is 14.5 Å². The zero-order valence-corrected chi connectivity index (χ0v) is 21.5. The molecule has 0 atom stereocenters. The van der Waals surface area contributed by atoms with Crippen LogP contribution in [0.4, 0.5) is 4.79 Å². The third-order valence-corrected chi connectivity index (χ3v) is 8.56. The van der Waals surface area contributed by atoms with Gasteiger partial charge < -0.3 is 20.4 Å². The molecule has 8 heteroatoms. The van der Waals surface area contributed by atoms with Crippen molar-refractivity contribution in [2.45, 2.75) is 62.9 Å². The average molecular weight is 484 g/mol. The molecule has 4 rings (SSSR count). The number of hydrogen-bond acceptors (Lipinski definition) is 4. The van der Waals surface area contributed by atoms with Gasteiger partial charge in [-0.05, 0) is 64.1 Å². The molecule has 2 N–H and O–H groups in total. The van der Waals surface area contributed by atoms with E-state index in [2.05, 4.69) is 64.9 Å². The molecule has 1 aromatic rings. The summed E-state index contributed by atoms with van der Waals surface area (Å²) >= 11 is 0. The third-order valence-electron chi connectivity index (χ3n) is 8.56. The minimum absolute atomic E-state index is 0.00553. The van der Waals surface area contributed by atoms with E-state index < -0.39 is 0 Å². The second-order valence-electron chi connectivity index (χ2n) is 10.9. The molecule has 3 aliphatic rings. The summed E-state index contributed by atoms with van der Waals surface area (Å²) in [6, 6.07) is 10.7. The highest BCUT2D eigenvalue weighted by Crippen LogP contribution is 2.49. The van der Waals surface area contributed by atoms with Gasteiger partial charge in [0.05, 0.1) is 5.54 Å². The monoisotopic (exact) mass is 483 g/mol. The second kappa shape index (κ2) is 10.6. The van der Waals surface area contributed by atoms with Gasteiger partial charge >= 0.3 is 6.03 Å². The summed E-state index contributed by atoms with van der Waals surface area (Å²) in [5.41, 5.74) is 1.09. The van der Waals surface area contributed by atoms with E-state index in [1.165, 1.54) is 31.7 Å². The summed E-state index contributed by atoms with van der Waals surface area (Å²) in [4.78, 5) is 43.4. The molecule has 0 aromatic heterocycles. The molecular formula is C27H41N5O3. The predicted octanol–water partition coefficient (Wildman–Crippen LogP) is 2.55. The van der Waals surface area contributed by atoms with Gasteiger partial charge in [0.15, 0.2) is 0 Å². The summed E-state index contributed by atoms with van der Waals surface area (Å²) in [6.45, 7) is 3.68. The number of nitrogens with zero attached hydrogens (tertiary/aromatic N) is 3. The van der Waals surface area contributed by atoms with Crippen molar-refractivity contribution in [2.24, 2.45) is 5.92 Å². The number of urea groups is 1. The van der Waals surface area contributed by atoms with Gasteiger partial charge in [-0.15, -0.1) is 0 Å². The molecule has 1 aliphatic heterocycles. The largest absolute Gasteiger partial charge is 0.355 e. The fraction of sp³-hybridized carbons (Fsp3) is 0.667. The molecule has 1 aromatic carbocycles. The van der Waals surface area contributed by atoms with Crippen LogP contribution in [0.3, 0.4) is 0 Å². The zero-order chi connectivity index (χ0) is 25.1. The van der Waals surface area contributed by atoms with Crippen LogP contribution in [0, 0.1) is 5.92 Å². The Morgan fingerprint density at radius 3 is 2.26 bits per heavy atom. The van der Waals surface area contributed by atoms with Gasteiger partial charge in [0.1, 0.15) is 6.54 Å². The number of amides is 4. The first-order valence-electron chi connectivity index (χ1n) is 13.1. The Balaban J connectivity index is 1.46. The van der Waals surface area contributed by atoms with Gasteiger partial charge in [-0.25, -0.2) is 4.79 Å². The van der Waals surface area contributed by atoms with Crippen LogP contribution in [0.5, 0.6) is 0 Å². The summed E-state index contributed by atoms with van der Waals surface area (Å²) in [6.07, 6.45) is 7.45. The molecule has 1 spiro atoms. The fourth-order valence-electron chi connectivity index (χ4n) is 6.18. The maximum atomic E-state index is 13.6. The first-order chi connectivity index (χ1) is 16.8. The van der Waals surface area contributed by atoms with E-state index in [9.17, 15) is 14.4 Å². The number of nitrogens with one attached hydrogen (secondary N) is 2. The quantitative estimate of drug-likeness (QED) is 0.529. The average Bonchev–Trinajstić information content (AvgIpc) is 3.05. The van der Waals surface area contributed by atoms with E-state index in [0.29, 0.717) is 25.6 Å². The number of rotatable bonds is 9. The lowest BCUT2D eigenvalue weighted by Crippen LogP contribution is -2.56. The van der Waals surface area contributed by atoms with Crippen molar-refractivity contribution in [1.82, 2.24) is 25.3 Å². The van der Waals surface area contributed by atoms with Crippen molar-refractivity contribution >= 4 is 17.8 Å². The minimum atomic E-state index is -0.211. The van der Waals surface area contributed by atoms with E-state index >= 15 is 0 Å². The molecule has 1 heterocycles. The highest BCUT2D eigenvalue weighted by atomic mass is 16.2. The Labute approximate surface area is 209 Å². The second-order valence-corrected chi connectivity index (χ2v) is 10.9.